The molecule has 5 nitrogen and oxygen atoms in total. The average Bonchev–Trinajstić information content (AvgIpc) is 2.83. The summed E-state index contributed by atoms with van der Waals surface area (Å²) in [5.74, 6) is 0.371. The molecule has 19 heavy (non-hydrogen) atoms. The normalized spacial score (nSPS) is 18.0. The summed E-state index contributed by atoms with van der Waals surface area (Å²) in [6.07, 6.45) is 0.949. The fourth-order valence-electron chi connectivity index (χ4n) is 1.98. The van der Waals surface area contributed by atoms with Gasteiger partial charge in [-0.2, -0.15) is 0 Å². The van der Waals surface area contributed by atoms with Crippen molar-refractivity contribution in [2.45, 2.75) is 25.4 Å². The van der Waals surface area contributed by atoms with Gasteiger partial charge in [-0.1, -0.05) is 17.7 Å². The summed E-state index contributed by atoms with van der Waals surface area (Å²) in [6, 6.07) is 4.81. The Bertz CT molecular complexity index is 505. The van der Waals surface area contributed by atoms with Crippen molar-refractivity contribution in [2.24, 2.45) is 0 Å². The molecule has 1 aromatic carbocycles. The van der Waals surface area contributed by atoms with Crippen molar-refractivity contribution < 1.29 is 14.3 Å². The lowest BCUT2D eigenvalue weighted by Gasteiger charge is -2.13. The first kappa shape index (κ1) is 13.7. The third-order valence-electron chi connectivity index (χ3n) is 3.01. The molecule has 2 amide bonds. The molecule has 1 aliphatic heterocycles. The highest BCUT2D eigenvalue weighted by molar-refractivity contribution is 6.30. The lowest BCUT2D eigenvalue weighted by molar-refractivity contribution is -0.125. The van der Waals surface area contributed by atoms with Crippen molar-refractivity contribution in [1.82, 2.24) is 10.6 Å². The SMILES string of the molecule is COc1cc(Cl)ccc1CNC(=O)C1CCC(=O)N1. The molecular weight excluding hydrogens is 268 g/mol. The number of methoxy groups -OCH3 is 1. The molecule has 0 bridgehead atoms. The van der Waals surface area contributed by atoms with E-state index >= 15 is 0 Å². The zero-order valence-corrected chi connectivity index (χ0v) is 11.3. The monoisotopic (exact) mass is 282 g/mol. The highest BCUT2D eigenvalue weighted by Crippen LogP contribution is 2.23. The van der Waals surface area contributed by atoms with E-state index in [1.54, 1.807) is 25.3 Å². The summed E-state index contributed by atoms with van der Waals surface area (Å²) in [6.45, 7) is 0.339. The Kier molecular flexibility index (Phi) is 4.27. The molecule has 0 spiro atoms. The summed E-state index contributed by atoms with van der Waals surface area (Å²) in [7, 11) is 1.55. The molecule has 1 saturated heterocycles. The predicted molar refractivity (Wildman–Crippen MR) is 71.0 cm³/mol. The zero-order valence-electron chi connectivity index (χ0n) is 10.5. The van der Waals surface area contributed by atoms with Crippen LogP contribution in [0.5, 0.6) is 5.75 Å². The standard InChI is InChI=1S/C13H15ClN2O3/c1-19-11-6-9(14)3-2-8(11)7-15-13(18)10-4-5-12(17)16-10/h2-3,6,10H,4-5,7H2,1H3,(H,15,18)(H,16,17). The maximum atomic E-state index is 11.8. The van der Waals surface area contributed by atoms with E-state index in [1.165, 1.54) is 0 Å². The average molecular weight is 283 g/mol. The Labute approximate surface area is 116 Å². The van der Waals surface area contributed by atoms with Crippen molar-refractivity contribution in [1.29, 1.82) is 0 Å². The van der Waals surface area contributed by atoms with Crippen molar-refractivity contribution >= 4 is 23.4 Å². The van der Waals surface area contributed by atoms with Crippen LogP contribution in [0.1, 0.15) is 18.4 Å². The van der Waals surface area contributed by atoms with Gasteiger partial charge in [0.05, 0.1) is 7.11 Å². The van der Waals surface area contributed by atoms with E-state index in [0.29, 0.717) is 30.2 Å². The number of nitrogens with one attached hydrogen (secondary N) is 2. The lowest BCUT2D eigenvalue weighted by atomic mass is 10.1. The molecule has 102 valence electrons. The van der Waals surface area contributed by atoms with Crippen molar-refractivity contribution in [2.75, 3.05) is 7.11 Å². The van der Waals surface area contributed by atoms with Crippen LogP contribution in [0.2, 0.25) is 5.02 Å². The van der Waals surface area contributed by atoms with Gasteiger partial charge in [-0.05, 0) is 18.6 Å². The zero-order chi connectivity index (χ0) is 13.8. The van der Waals surface area contributed by atoms with E-state index in [2.05, 4.69) is 10.6 Å². The summed E-state index contributed by atoms with van der Waals surface area (Å²) < 4.78 is 5.20. The largest absolute Gasteiger partial charge is 0.496 e. The van der Waals surface area contributed by atoms with E-state index in [4.69, 9.17) is 16.3 Å². The summed E-state index contributed by atoms with van der Waals surface area (Å²) in [5, 5.41) is 5.98. The highest BCUT2D eigenvalue weighted by Gasteiger charge is 2.26. The molecule has 1 aromatic rings. The Hall–Kier alpha value is -1.75. The van der Waals surface area contributed by atoms with Crippen molar-refractivity contribution in [3.63, 3.8) is 0 Å². The molecule has 0 radical (unpaired) electrons. The molecule has 6 heteroatoms. The quantitative estimate of drug-likeness (QED) is 0.873. The number of rotatable bonds is 4. The molecule has 1 aliphatic rings. The third kappa shape index (κ3) is 3.38. The number of benzene rings is 1. The van der Waals surface area contributed by atoms with Gasteiger partial charge >= 0.3 is 0 Å². The number of carbonyl (C=O) groups excluding carboxylic acids is 2. The van der Waals surface area contributed by atoms with Gasteiger partial charge in [0.2, 0.25) is 11.8 Å². The predicted octanol–water partition coefficient (Wildman–Crippen LogP) is 1.24. The topological polar surface area (TPSA) is 67.4 Å². The number of ether oxygens (including phenoxy) is 1. The second kappa shape index (κ2) is 5.93. The molecular formula is C13H15ClN2O3. The molecule has 1 atom stereocenters. The van der Waals surface area contributed by atoms with Crippen LogP contribution in [0.15, 0.2) is 18.2 Å². The Balaban J connectivity index is 1.95. The van der Waals surface area contributed by atoms with Gasteiger partial charge in [0.15, 0.2) is 0 Å². The van der Waals surface area contributed by atoms with Crippen LogP contribution in [0.25, 0.3) is 0 Å². The van der Waals surface area contributed by atoms with Crippen LogP contribution in [-0.4, -0.2) is 25.0 Å². The van der Waals surface area contributed by atoms with E-state index in [9.17, 15) is 9.59 Å². The van der Waals surface area contributed by atoms with Crippen LogP contribution in [-0.2, 0) is 16.1 Å². The maximum Gasteiger partial charge on any atom is 0.242 e. The minimum absolute atomic E-state index is 0.0794. The van der Waals surface area contributed by atoms with Gasteiger partial charge in [-0.3, -0.25) is 9.59 Å². The number of hydrogen-bond donors (Lipinski definition) is 2. The van der Waals surface area contributed by atoms with Crippen LogP contribution in [0.4, 0.5) is 0 Å². The van der Waals surface area contributed by atoms with Crippen LogP contribution in [0.3, 0.4) is 0 Å². The highest BCUT2D eigenvalue weighted by atomic mass is 35.5. The summed E-state index contributed by atoms with van der Waals surface area (Å²) >= 11 is 5.86. The Morgan fingerprint density at radius 2 is 2.37 bits per heavy atom. The third-order valence-corrected chi connectivity index (χ3v) is 3.25. The first-order valence-corrected chi connectivity index (χ1v) is 6.37. The van der Waals surface area contributed by atoms with Crippen LogP contribution in [0, 0.1) is 0 Å². The minimum Gasteiger partial charge on any atom is -0.496 e. The van der Waals surface area contributed by atoms with Crippen molar-refractivity contribution in [3.05, 3.63) is 28.8 Å². The fourth-order valence-corrected chi connectivity index (χ4v) is 2.14. The van der Waals surface area contributed by atoms with Gasteiger partial charge in [0, 0.05) is 23.6 Å². The second-order valence-corrected chi connectivity index (χ2v) is 4.77. The molecule has 2 N–H and O–H groups in total. The van der Waals surface area contributed by atoms with E-state index in [-0.39, 0.29) is 11.8 Å². The Morgan fingerprint density at radius 1 is 1.58 bits per heavy atom. The first-order valence-electron chi connectivity index (χ1n) is 5.99. The van der Waals surface area contributed by atoms with Crippen molar-refractivity contribution in [3.8, 4) is 5.75 Å². The molecule has 0 saturated carbocycles. The number of amides is 2. The molecule has 1 unspecified atom stereocenters. The molecule has 2 rings (SSSR count). The van der Waals surface area contributed by atoms with E-state index in [0.717, 1.165) is 5.56 Å². The molecule has 0 aromatic heterocycles. The van der Waals surface area contributed by atoms with E-state index < -0.39 is 6.04 Å². The molecule has 1 fully saturated rings. The molecule has 0 aliphatic carbocycles. The summed E-state index contributed by atoms with van der Waals surface area (Å²) in [4.78, 5) is 22.9. The van der Waals surface area contributed by atoms with Gasteiger partial charge in [-0.25, -0.2) is 0 Å². The van der Waals surface area contributed by atoms with E-state index in [1.807, 2.05) is 0 Å². The van der Waals surface area contributed by atoms with Gasteiger partial charge < -0.3 is 15.4 Å². The van der Waals surface area contributed by atoms with Crippen LogP contribution < -0.4 is 15.4 Å². The Morgan fingerprint density at radius 3 is 3.00 bits per heavy atom. The number of carbonyl (C=O) groups is 2. The van der Waals surface area contributed by atoms with Gasteiger partial charge in [-0.15, -0.1) is 0 Å². The van der Waals surface area contributed by atoms with Gasteiger partial charge in [0.25, 0.3) is 0 Å². The maximum absolute atomic E-state index is 11.8. The molecule has 1 heterocycles. The summed E-state index contributed by atoms with van der Waals surface area (Å²) in [5.41, 5.74) is 0.838. The lowest BCUT2D eigenvalue weighted by Crippen LogP contribution is -2.41. The van der Waals surface area contributed by atoms with Gasteiger partial charge in [0.1, 0.15) is 11.8 Å². The number of hydrogen-bond acceptors (Lipinski definition) is 3. The first-order chi connectivity index (χ1) is 9.10. The number of halogens is 1. The fraction of sp³-hybridized carbons (Fsp3) is 0.385. The minimum atomic E-state index is -0.425. The second-order valence-electron chi connectivity index (χ2n) is 4.33. The van der Waals surface area contributed by atoms with Crippen LogP contribution >= 0.6 is 11.6 Å². The smallest absolute Gasteiger partial charge is 0.242 e.